The third-order valence-corrected chi connectivity index (χ3v) is 20.0. The first-order chi connectivity index (χ1) is 45.4. The second-order valence-corrected chi connectivity index (χ2v) is 27.5. The lowest BCUT2D eigenvalue weighted by Crippen LogP contribution is -2.65. The standard InChI is InChI=1S/2C25H32N4O4.C21H24N4O3/c2*1-17(2)33-24(32)27-15-25(16-27)18-8-3-4-10-20(18)29(23(25)31)14-22-26-19-9-7-11-21(19)28(22)12-5-6-13-30;1-13(2)28-20(27)24-11-21(12-24)14-6-3-4-9-17(14)25(19(21)26)10-18-22-15-7-5-8-16(15)23-18/h2*3-4,8,10,17,30H,5-7,9,11-16H2,1-2H3;3-4,6,9,13H,5,7-8,10-12H2,1-2H3,(H,22,23). The van der Waals surface area contributed by atoms with E-state index in [2.05, 4.69) is 14.1 Å². The summed E-state index contributed by atoms with van der Waals surface area (Å²) in [6.07, 6.45) is 11.1. The first-order valence-electron chi connectivity index (χ1n) is 33.9. The number of imidazole rings is 3. The number of hydrogen-bond acceptors (Lipinski definition) is 14. The van der Waals surface area contributed by atoms with Crippen LogP contribution in [0.15, 0.2) is 72.8 Å². The van der Waals surface area contributed by atoms with Gasteiger partial charge in [0.2, 0.25) is 17.7 Å². The van der Waals surface area contributed by atoms with E-state index in [0.29, 0.717) is 58.9 Å². The number of nitrogens with zero attached hydrogens (tertiary/aromatic N) is 11. The number of aromatic nitrogens is 6. The van der Waals surface area contributed by atoms with Crippen LogP contribution in [0.3, 0.4) is 0 Å². The Morgan fingerprint density at radius 3 is 1.18 bits per heavy atom. The van der Waals surface area contributed by atoms with Gasteiger partial charge in [0.25, 0.3) is 0 Å². The number of benzene rings is 3. The lowest BCUT2D eigenvalue weighted by Gasteiger charge is -2.46. The Bertz CT molecular complexity index is 3690. The number of ether oxygens (including phenoxy) is 3. The van der Waals surface area contributed by atoms with E-state index in [1.807, 2.05) is 129 Å². The molecule has 23 nitrogen and oxygen atoms in total. The van der Waals surface area contributed by atoms with Crippen LogP contribution in [0.4, 0.5) is 31.4 Å². The summed E-state index contributed by atoms with van der Waals surface area (Å²) in [5.41, 5.74) is 10.8. The highest BCUT2D eigenvalue weighted by atomic mass is 16.6. The fourth-order valence-electron chi connectivity index (χ4n) is 15.6. The summed E-state index contributed by atoms with van der Waals surface area (Å²) in [5.74, 6) is 2.75. The third kappa shape index (κ3) is 11.5. The van der Waals surface area contributed by atoms with E-state index in [-0.39, 0.29) is 67.5 Å². The average Bonchev–Trinajstić information content (AvgIpc) is 1.54. The van der Waals surface area contributed by atoms with Gasteiger partial charge in [-0.15, -0.1) is 0 Å². The van der Waals surface area contributed by atoms with Crippen LogP contribution in [0.25, 0.3) is 0 Å². The molecule has 6 aromatic rings. The van der Waals surface area contributed by atoms with E-state index >= 15 is 0 Å². The summed E-state index contributed by atoms with van der Waals surface area (Å²) >= 11 is 0. The molecule has 0 unspecified atom stereocenters. The van der Waals surface area contributed by atoms with Crippen LogP contribution < -0.4 is 14.7 Å². The maximum atomic E-state index is 13.8. The average molecular weight is 1290 g/mol. The van der Waals surface area contributed by atoms with E-state index in [1.165, 1.54) is 17.1 Å². The van der Waals surface area contributed by atoms with Crippen LogP contribution in [0, 0.1) is 0 Å². The lowest BCUT2D eigenvalue weighted by atomic mass is 9.75. The van der Waals surface area contributed by atoms with Gasteiger partial charge in [0, 0.05) is 99.7 Å². The number of para-hydroxylation sites is 3. The van der Waals surface area contributed by atoms with Crippen LogP contribution in [-0.2, 0) is 116 Å². The number of anilines is 3. The molecule has 9 heterocycles. The number of hydrogen-bond donors (Lipinski definition) is 3. The molecule has 3 aromatic heterocycles. The molecule has 0 bridgehead atoms. The predicted octanol–water partition coefficient (Wildman–Crippen LogP) is 8.12. The maximum Gasteiger partial charge on any atom is 0.410 e. The number of aliphatic hydroxyl groups is 2. The van der Waals surface area contributed by atoms with Crippen molar-refractivity contribution in [3.8, 4) is 0 Å². The van der Waals surface area contributed by atoms with Gasteiger partial charge >= 0.3 is 18.3 Å². The topological polar surface area (TPSA) is 254 Å². The monoisotopic (exact) mass is 1280 g/mol. The minimum absolute atomic E-state index is 0.0300. The zero-order valence-electron chi connectivity index (χ0n) is 55.0. The van der Waals surface area contributed by atoms with Crippen LogP contribution in [-0.4, -0.2) is 161 Å². The molecule has 0 atom stereocenters. The molecule has 3 spiro atoms. The van der Waals surface area contributed by atoms with Gasteiger partial charge in [0.1, 0.15) is 33.7 Å². The van der Waals surface area contributed by atoms with E-state index in [1.54, 1.807) is 14.7 Å². The quantitative estimate of drug-likeness (QED) is 0.0576. The van der Waals surface area contributed by atoms with E-state index in [9.17, 15) is 39.0 Å². The third-order valence-electron chi connectivity index (χ3n) is 20.0. The predicted molar refractivity (Wildman–Crippen MR) is 349 cm³/mol. The Morgan fingerprint density at radius 2 is 0.819 bits per heavy atom. The highest BCUT2D eigenvalue weighted by Gasteiger charge is 2.62. The summed E-state index contributed by atoms with van der Waals surface area (Å²) in [6.45, 7) is 16.3. The number of aromatic amines is 1. The molecule has 0 radical (unpaired) electrons. The van der Waals surface area contributed by atoms with Crippen LogP contribution >= 0.6 is 0 Å². The number of H-pyrrole nitrogens is 1. The van der Waals surface area contributed by atoms with Crippen molar-refractivity contribution in [2.75, 3.05) is 67.2 Å². The number of aliphatic hydroxyl groups excluding tert-OH is 2. The number of likely N-dealkylation sites (tertiary alicyclic amines) is 3. The van der Waals surface area contributed by atoms with Crippen molar-refractivity contribution in [1.82, 2.24) is 43.8 Å². The molecule has 23 heteroatoms. The highest BCUT2D eigenvalue weighted by molar-refractivity contribution is 6.11. The SMILES string of the molecule is CC(C)OC(=O)N1CC2(C1)C(=O)N(Cc1nc3c([nH]1)CCC3)c1ccccc12.CC(C)OC(=O)N1CC2(C1)C(=O)N(Cc1nc3c(n1CCCCO)CCC3)c1ccccc12.CC(C)OC(=O)N1CC2(C1)C(=O)N(Cc1nc3c(n1CCCCO)CCC3)c1ccccc12. The molecule has 6 aliphatic heterocycles. The molecule has 15 rings (SSSR count). The van der Waals surface area contributed by atoms with Gasteiger partial charge in [-0.1, -0.05) is 54.6 Å². The molecule has 498 valence electrons. The van der Waals surface area contributed by atoms with Crippen molar-refractivity contribution in [2.45, 2.75) is 192 Å². The van der Waals surface area contributed by atoms with Crippen molar-refractivity contribution in [3.05, 3.63) is 141 Å². The molecule has 3 aromatic carbocycles. The molecule has 3 aliphatic carbocycles. The van der Waals surface area contributed by atoms with Gasteiger partial charge in [-0.3, -0.25) is 14.4 Å². The summed E-state index contributed by atoms with van der Waals surface area (Å²) in [6, 6.07) is 23.7. The molecular weight excluding hydrogens is 1200 g/mol. The summed E-state index contributed by atoms with van der Waals surface area (Å²) in [5, 5.41) is 18.4. The number of aryl methyl sites for hydroxylation is 4. The van der Waals surface area contributed by atoms with Gasteiger partial charge in [-0.25, -0.2) is 29.3 Å². The van der Waals surface area contributed by atoms with Crippen LogP contribution in [0.2, 0.25) is 0 Å². The molecule has 94 heavy (non-hydrogen) atoms. The Kier molecular flexibility index (Phi) is 17.7. The number of rotatable bonds is 17. The number of fused-ring (bicyclic) bond motifs is 9. The van der Waals surface area contributed by atoms with E-state index in [4.69, 9.17) is 29.2 Å². The molecule has 6 amide bonds. The van der Waals surface area contributed by atoms with Gasteiger partial charge in [0.05, 0.1) is 55.0 Å². The maximum absolute atomic E-state index is 13.8. The highest BCUT2D eigenvalue weighted by Crippen LogP contribution is 2.51. The van der Waals surface area contributed by atoms with Crippen LogP contribution in [0.5, 0.6) is 0 Å². The summed E-state index contributed by atoms with van der Waals surface area (Å²) < 4.78 is 20.5. The Balaban J connectivity index is 0.000000129. The second kappa shape index (κ2) is 26.0. The van der Waals surface area contributed by atoms with Crippen LogP contribution in [0.1, 0.15) is 155 Å². The van der Waals surface area contributed by atoms with E-state index in [0.717, 1.165) is 165 Å². The fourth-order valence-corrected chi connectivity index (χ4v) is 15.6. The number of amides is 6. The van der Waals surface area contributed by atoms with Gasteiger partial charge in [-0.05, 0) is 160 Å². The van der Waals surface area contributed by atoms with Gasteiger partial charge in [-0.2, -0.15) is 0 Å². The summed E-state index contributed by atoms with van der Waals surface area (Å²) in [7, 11) is 0. The fraction of sp³-hybridized carbons (Fsp3) is 0.535. The second-order valence-electron chi connectivity index (χ2n) is 27.5. The first kappa shape index (κ1) is 64.2. The minimum atomic E-state index is -0.705. The van der Waals surface area contributed by atoms with Crippen molar-refractivity contribution < 1.29 is 53.2 Å². The Hall–Kier alpha value is -8.57. The lowest BCUT2D eigenvalue weighted by molar-refractivity contribution is -0.129. The van der Waals surface area contributed by atoms with Crippen molar-refractivity contribution in [2.24, 2.45) is 0 Å². The number of nitrogens with one attached hydrogen (secondary N) is 1. The minimum Gasteiger partial charge on any atom is -0.447 e. The molecular formula is C71H88N12O11. The van der Waals surface area contributed by atoms with Crippen molar-refractivity contribution in [1.29, 1.82) is 0 Å². The number of unbranched alkanes of at least 4 members (excludes halogenated alkanes) is 2. The normalized spacial score (nSPS) is 18.4. The van der Waals surface area contributed by atoms with E-state index < -0.39 is 16.2 Å². The molecule has 3 fully saturated rings. The smallest absolute Gasteiger partial charge is 0.410 e. The zero-order valence-corrected chi connectivity index (χ0v) is 55.0. The largest absolute Gasteiger partial charge is 0.447 e. The van der Waals surface area contributed by atoms with Gasteiger partial charge < -0.3 is 67.9 Å². The molecule has 0 saturated carbocycles. The molecule has 3 saturated heterocycles. The zero-order chi connectivity index (χ0) is 65.8. The van der Waals surface area contributed by atoms with Crippen molar-refractivity contribution in [3.63, 3.8) is 0 Å². The first-order valence-corrected chi connectivity index (χ1v) is 33.9. The Morgan fingerprint density at radius 1 is 0.468 bits per heavy atom. The van der Waals surface area contributed by atoms with Gasteiger partial charge in [0.15, 0.2) is 0 Å². The molecule has 3 N–H and O–H groups in total. The molecule has 9 aliphatic rings. The summed E-state index contributed by atoms with van der Waals surface area (Å²) in [4.78, 5) is 106. The Labute approximate surface area is 548 Å². The number of carbonyl (C=O) groups excluding carboxylic acids is 6. The van der Waals surface area contributed by atoms with Crippen molar-refractivity contribution >= 4 is 53.1 Å². The number of carbonyl (C=O) groups is 6.